The molecule has 12 heteroatoms. The molecule has 1 aliphatic heterocycles. The van der Waals surface area contributed by atoms with Crippen LogP contribution in [0.1, 0.15) is 41.3 Å². The van der Waals surface area contributed by atoms with Crippen molar-refractivity contribution in [3.05, 3.63) is 82.8 Å². The first-order valence-electron chi connectivity index (χ1n) is 12.6. The minimum atomic E-state index is -1.22. The number of ether oxygens (including phenoxy) is 1. The quantitative estimate of drug-likeness (QED) is 0.321. The molecule has 2 heterocycles. The third-order valence-corrected chi connectivity index (χ3v) is 6.56. The van der Waals surface area contributed by atoms with E-state index in [2.05, 4.69) is 15.8 Å². The maximum atomic E-state index is 13.7. The average Bonchev–Trinajstić information content (AvgIpc) is 3.40. The van der Waals surface area contributed by atoms with Gasteiger partial charge < -0.3 is 29.7 Å². The number of carboxylic acid groups (broad SMARTS) is 1. The van der Waals surface area contributed by atoms with E-state index in [0.717, 1.165) is 4.90 Å². The molecular formula is C28H29ClN4O7. The molecule has 0 aliphatic carbocycles. The van der Waals surface area contributed by atoms with Crippen molar-refractivity contribution in [1.29, 1.82) is 0 Å². The lowest BCUT2D eigenvalue weighted by molar-refractivity contribution is -0.131. The van der Waals surface area contributed by atoms with Crippen LogP contribution in [0.2, 0.25) is 5.02 Å². The number of halogens is 1. The van der Waals surface area contributed by atoms with Gasteiger partial charge in [0.05, 0.1) is 25.6 Å². The second kappa shape index (κ2) is 13.0. The number of amidine groups is 1. The maximum Gasteiger partial charge on any atom is 0.371 e. The number of aromatic carboxylic acids is 1. The Balaban J connectivity index is 1.60. The van der Waals surface area contributed by atoms with E-state index >= 15 is 0 Å². The molecule has 2 atom stereocenters. The largest absolute Gasteiger partial charge is 0.496 e. The summed E-state index contributed by atoms with van der Waals surface area (Å²) in [5.41, 5.74) is 0.708. The molecule has 0 bridgehead atoms. The predicted octanol–water partition coefficient (Wildman–Crippen LogP) is 4.48. The molecule has 1 fully saturated rings. The number of urea groups is 1. The molecule has 2 aromatic carbocycles. The van der Waals surface area contributed by atoms with E-state index in [1.807, 2.05) is 6.07 Å². The molecule has 0 radical (unpaired) electrons. The average molecular weight is 569 g/mol. The molecule has 1 unspecified atom stereocenters. The Hall–Kier alpha value is -4.51. The van der Waals surface area contributed by atoms with E-state index in [9.17, 15) is 19.5 Å². The Labute approximate surface area is 235 Å². The molecule has 1 aromatic heterocycles. The summed E-state index contributed by atoms with van der Waals surface area (Å²) in [5.74, 6) is -1.01. The monoisotopic (exact) mass is 568 g/mol. The molecule has 210 valence electrons. The number of nitrogens with zero attached hydrogens (tertiary/aromatic N) is 2. The summed E-state index contributed by atoms with van der Waals surface area (Å²) in [4.78, 5) is 45.1. The molecule has 3 aromatic rings. The Kier molecular flexibility index (Phi) is 9.28. The van der Waals surface area contributed by atoms with Gasteiger partial charge in [0.25, 0.3) is 0 Å². The molecule has 3 N–H and O–H groups in total. The van der Waals surface area contributed by atoms with Gasteiger partial charge in [-0.25, -0.2) is 9.59 Å². The number of hydrogen-bond donors (Lipinski definition) is 3. The minimum absolute atomic E-state index is 0.173. The number of hydrogen-bond acceptors (Lipinski definition) is 7. The molecule has 1 aliphatic rings. The van der Waals surface area contributed by atoms with Gasteiger partial charge >= 0.3 is 12.0 Å². The topological polar surface area (TPSA) is 143 Å². The molecule has 3 amide bonds. The number of rotatable bonds is 9. The lowest BCUT2D eigenvalue weighted by Gasteiger charge is -2.25. The fourth-order valence-electron chi connectivity index (χ4n) is 4.24. The first-order chi connectivity index (χ1) is 19.3. The van der Waals surface area contributed by atoms with E-state index in [1.165, 1.54) is 19.2 Å². The zero-order valence-electron chi connectivity index (χ0n) is 21.9. The molecule has 40 heavy (non-hydrogen) atoms. The summed E-state index contributed by atoms with van der Waals surface area (Å²) in [6, 6.07) is 15.5. The van der Waals surface area contributed by atoms with E-state index in [1.54, 1.807) is 49.4 Å². The van der Waals surface area contributed by atoms with Crippen LogP contribution in [0.15, 0.2) is 70.2 Å². The summed E-state index contributed by atoms with van der Waals surface area (Å²) in [5, 5.41) is 19.7. The molecular weight excluding hydrogens is 540 g/mol. The highest BCUT2D eigenvalue weighted by Crippen LogP contribution is 2.27. The summed E-state index contributed by atoms with van der Waals surface area (Å²) in [6.45, 7) is 1.79. The van der Waals surface area contributed by atoms with Crippen LogP contribution < -0.4 is 20.2 Å². The highest BCUT2D eigenvalue weighted by molar-refractivity contribution is 6.30. The second-order valence-corrected chi connectivity index (χ2v) is 9.46. The van der Waals surface area contributed by atoms with Crippen LogP contribution in [0, 0.1) is 5.92 Å². The number of amides is 3. The molecule has 11 nitrogen and oxygen atoms in total. The maximum absolute atomic E-state index is 13.7. The second-order valence-electron chi connectivity index (χ2n) is 9.02. The fourth-order valence-corrected chi connectivity index (χ4v) is 4.44. The van der Waals surface area contributed by atoms with Gasteiger partial charge in [-0.15, -0.1) is 0 Å². The highest BCUT2D eigenvalue weighted by Gasteiger charge is 2.35. The Morgan fingerprint density at radius 3 is 2.67 bits per heavy atom. The number of nitrogens with one attached hydrogen (secondary N) is 2. The van der Waals surface area contributed by atoms with E-state index in [4.69, 9.17) is 25.6 Å². The zero-order chi connectivity index (χ0) is 28.6. The number of carbonyl (C=O) groups excluding carboxylic acids is 2. The number of benzene rings is 2. The van der Waals surface area contributed by atoms with Gasteiger partial charge in [0.2, 0.25) is 11.7 Å². The smallest absolute Gasteiger partial charge is 0.371 e. The van der Waals surface area contributed by atoms with Gasteiger partial charge in [-0.2, -0.15) is 0 Å². The molecule has 0 saturated carbocycles. The van der Waals surface area contributed by atoms with Crippen LogP contribution in [-0.2, 0) is 11.2 Å². The van der Waals surface area contributed by atoms with Crippen molar-refractivity contribution in [3.63, 3.8) is 0 Å². The number of furan rings is 1. The summed E-state index contributed by atoms with van der Waals surface area (Å²) in [6.07, 6.45) is 0.628. The van der Waals surface area contributed by atoms with Crippen molar-refractivity contribution in [2.45, 2.75) is 25.8 Å². The van der Waals surface area contributed by atoms with Gasteiger partial charge in [0.15, 0.2) is 11.6 Å². The Bertz CT molecular complexity index is 1390. The predicted molar refractivity (Wildman–Crippen MR) is 147 cm³/mol. The van der Waals surface area contributed by atoms with Crippen LogP contribution >= 0.6 is 11.6 Å². The van der Waals surface area contributed by atoms with Crippen molar-refractivity contribution < 1.29 is 33.5 Å². The van der Waals surface area contributed by atoms with Crippen LogP contribution in [0.4, 0.5) is 4.79 Å². The highest BCUT2D eigenvalue weighted by atomic mass is 35.5. The minimum Gasteiger partial charge on any atom is -0.496 e. The normalized spacial score (nSPS) is 17.1. The number of oxime groups is 1. The van der Waals surface area contributed by atoms with Crippen molar-refractivity contribution in [1.82, 2.24) is 15.5 Å². The lowest BCUT2D eigenvalue weighted by atomic mass is 9.97. The molecule has 4 rings (SSSR count). The summed E-state index contributed by atoms with van der Waals surface area (Å²) in [7, 11) is 1.53. The summed E-state index contributed by atoms with van der Waals surface area (Å²) >= 11 is 6.20. The SMILES string of the molecule is CCC(NC(=O)N1C/C(=N/Oc2ccccc2)NC[C@@H](Cc2cc(Cl)ccc2OC)C1=O)c1ccc(C(=O)O)o1. The number of carbonyl (C=O) groups is 3. The standard InChI is InChI=1S/C28H29ClN4O7/c1-3-21(23-11-12-24(39-23)27(35)36)31-28(37)33-16-25(32-40-20-7-5-4-6-8-20)30-15-18(26(33)34)13-17-14-19(29)9-10-22(17)38-2/h4-12,14,18,21H,3,13,15-16H2,1-2H3,(H,30,32)(H,31,37)(H,35,36)/t18-,21?/m1/s1. The number of carboxylic acids is 1. The van der Waals surface area contributed by atoms with Crippen molar-refractivity contribution in [2.24, 2.45) is 11.1 Å². The van der Waals surface area contributed by atoms with Gasteiger partial charge in [-0.05, 0) is 60.9 Å². The summed E-state index contributed by atoms with van der Waals surface area (Å²) < 4.78 is 10.8. The van der Waals surface area contributed by atoms with Crippen LogP contribution in [-0.4, -0.2) is 53.9 Å². The zero-order valence-corrected chi connectivity index (χ0v) is 22.7. The Morgan fingerprint density at radius 1 is 1.23 bits per heavy atom. The first kappa shape index (κ1) is 28.5. The van der Waals surface area contributed by atoms with Gasteiger partial charge in [0.1, 0.15) is 11.5 Å². The molecule has 0 spiro atoms. The number of methoxy groups -OCH3 is 1. The fraction of sp³-hybridized carbons (Fsp3) is 0.286. The number of imide groups is 1. The van der Waals surface area contributed by atoms with Crippen molar-refractivity contribution in [2.75, 3.05) is 20.2 Å². The van der Waals surface area contributed by atoms with Crippen molar-refractivity contribution in [3.8, 4) is 11.5 Å². The first-order valence-corrected chi connectivity index (χ1v) is 13.0. The third-order valence-electron chi connectivity index (χ3n) is 6.32. The van der Waals surface area contributed by atoms with Crippen molar-refractivity contribution >= 4 is 35.3 Å². The van der Waals surface area contributed by atoms with Crippen LogP contribution in [0.3, 0.4) is 0 Å². The number of para-hydroxylation sites is 1. The Morgan fingerprint density at radius 2 is 2.00 bits per heavy atom. The van der Waals surface area contributed by atoms with E-state index in [-0.39, 0.29) is 36.9 Å². The van der Waals surface area contributed by atoms with Gasteiger partial charge in [0, 0.05) is 11.6 Å². The third kappa shape index (κ3) is 6.92. The van der Waals surface area contributed by atoms with Crippen LogP contribution in [0.5, 0.6) is 11.5 Å². The van der Waals surface area contributed by atoms with E-state index < -0.39 is 29.9 Å². The molecule has 1 saturated heterocycles. The lowest BCUT2D eigenvalue weighted by Crippen LogP contribution is -2.48. The van der Waals surface area contributed by atoms with Gasteiger partial charge in [-0.3, -0.25) is 9.69 Å². The van der Waals surface area contributed by atoms with Crippen LogP contribution in [0.25, 0.3) is 0 Å². The van der Waals surface area contributed by atoms with Gasteiger partial charge in [-0.1, -0.05) is 41.9 Å². The van der Waals surface area contributed by atoms with E-state index in [0.29, 0.717) is 28.5 Å².